The lowest BCUT2D eigenvalue weighted by molar-refractivity contribution is 0.487. The lowest BCUT2D eigenvalue weighted by atomic mass is 9.81. The van der Waals surface area contributed by atoms with Crippen molar-refractivity contribution in [1.82, 2.24) is 0 Å². The number of nitrogens with two attached hydrogens (primary N) is 1. The van der Waals surface area contributed by atoms with Crippen LogP contribution in [-0.4, -0.2) is 0 Å². The molecule has 0 aromatic heterocycles. The van der Waals surface area contributed by atoms with Crippen molar-refractivity contribution in [3.8, 4) is 0 Å². The molecule has 0 aliphatic heterocycles. The van der Waals surface area contributed by atoms with Crippen LogP contribution >= 0.6 is 27.5 Å². The fourth-order valence-electron chi connectivity index (χ4n) is 2.26. The molecule has 1 nitrogen and oxygen atoms in total. The van der Waals surface area contributed by atoms with E-state index in [1.54, 1.807) is 0 Å². The summed E-state index contributed by atoms with van der Waals surface area (Å²) in [6.45, 7) is 4.50. The van der Waals surface area contributed by atoms with Gasteiger partial charge in [-0.05, 0) is 51.9 Å². The molecule has 0 fully saturated rings. The lowest BCUT2D eigenvalue weighted by Gasteiger charge is -2.24. The van der Waals surface area contributed by atoms with Gasteiger partial charge in [-0.15, -0.1) is 0 Å². The fourth-order valence-corrected chi connectivity index (χ4v) is 2.78. The number of allylic oxidation sites excluding steroid dienone is 2. The topological polar surface area (TPSA) is 26.0 Å². The van der Waals surface area contributed by atoms with Crippen molar-refractivity contribution < 1.29 is 0 Å². The highest BCUT2D eigenvalue weighted by molar-refractivity contribution is 9.10. The minimum Gasteiger partial charge on any atom is -0.398 e. The molecule has 16 heavy (non-hydrogen) atoms. The van der Waals surface area contributed by atoms with Gasteiger partial charge in [0.1, 0.15) is 0 Å². The summed E-state index contributed by atoms with van der Waals surface area (Å²) in [6.07, 6.45) is 4.57. The van der Waals surface area contributed by atoms with Gasteiger partial charge in [0.25, 0.3) is 0 Å². The summed E-state index contributed by atoms with van der Waals surface area (Å²) >= 11 is 9.51. The maximum atomic E-state index is 6.13. The number of benzene rings is 1. The summed E-state index contributed by atoms with van der Waals surface area (Å²) in [4.78, 5) is 0. The Kier molecular flexibility index (Phi) is 3.06. The van der Waals surface area contributed by atoms with E-state index in [2.05, 4.69) is 35.9 Å². The van der Waals surface area contributed by atoms with Crippen LogP contribution in [0.4, 0.5) is 5.69 Å². The molecule has 1 aliphatic carbocycles. The summed E-state index contributed by atoms with van der Waals surface area (Å²) in [5, 5.41) is 0.716. The Bertz CT molecular complexity index is 463. The summed E-state index contributed by atoms with van der Waals surface area (Å²) in [6, 6.07) is 3.84. The van der Waals surface area contributed by atoms with E-state index in [4.69, 9.17) is 17.3 Å². The van der Waals surface area contributed by atoms with Crippen molar-refractivity contribution in [3.05, 3.63) is 33.3 Å². The van der Waals surface area contributed by atoms with Gasteiger partial charge in [0.15, 0.2) is 0 Å². The molecule has 1 aromatic carbocycles. The van der Waals surface area contributed by atoms with Crippen molar-refractivity contribution in [2.24, 2.45) is 5.41 Å². The number of hydrogen-bond donors (Lipinski definition) is 1. The van der Waals surface area contributed by atoms with Crippen LogP contribution in [0.2, 0.25) is 5.02 Å². The molecule has 0 saturated carbocycles. The monoisotopic (exact) mass is 299 g/mol. The zero-order valence-corrected chi connectivity index (χ0v) is 11.8. The van der Waals surface area contributed by atoms with Gasteiger partial charge in [0.05, 0.1) is 5.02 Å². The quantitative estimate of drug-likeness (QED) is 0.734. The first-order valence-electron chi connectivity index (χ1n) is 5.37. The van der Waals surface area contributed by atoms with E-state index in [1.165, 1.54) is 12.0 Å². The normalized spacial score (nSPS) is 18.6. The van der Waals surface area contributed by atoms with Crippen molar-refractivity contribution in [3.63, 3.8) is 0 Å². The molecule has 2 N–H and O–H groups in total. The summed E-state index contributed by atoms with van der Waals surface area (Å²) in [5.41, 5.74) is 9.45. The van der Waals surface area contributed by atoms with Crippen molar-refractivity contribution in [1.29, 1.82) is 0 Å². The number of anilines is 1. The average Bonchev–Trinajstić information content (AvgIpc) is 2.52. The second-order valence-corrected chi connectivity index (χ2v) is 6.16. The Morgan fingerprint density at radius 1 is 1.38 bits per heavy atom. The van der Waals surface area contributed by atoms with Crippen LogP contribution in [0, 0.1) is 5.41 Å². The van der Waals surface area contributed by atoms with E-state index in [-0.39, 0.29) is 5.41 Å². The van der Waals surface area contributed by atoms with Gasteiger partial charge in [0.2, 0.25) is 0 Å². The van der Waals surface area contributed by atoms with Crippen LogP contribution in [0.1, 0.15) is 32.3 Å². The number of halogens is 2. The van der Waals surface area contributed by atoms with Crippen molar-refractivity contribution in [2.75, 3.05) is 5.73 Å². The van der Waals surface area contributed by atoms with Gasteiger partial charge in [-0.25, -0.2) is 0 Å². The van der Waals surface area contributed by atoms with Crippen LogP contribution in [0.25, 0.3) is 5.57 Å². The first-order chi connectivity index (χ1) is 7.42. The highest BCUT2D eigenvalue weighted by Gasteiger charge is 2.29. The predicted molar refractivity (Wildman–Crippen MR) is 74.6 cm³/mol. The molecule has 0 saturated heterocycles. The van der Waals surface area contributed by atoms with E-state index in [1.807, 2.05) is 12.1 Å². The minimum absolute atomic E-state index is 0.200. The van der Waals surface area contributed by atoms with Gasteiger partial charge in [0, 0.05) is 15.7 Å². The van der Waals surface area contributed by atoms with Gasteiger partial charge >= 0.3 is 0 Å². The predicted octanol–water partition coefficient (Wildman–Crippen LogP) is 4.89. The Morgan fingerprint density at radius 3 is 2.62 bits per heavy atom. The second kappa shape index (κ2) is 4.08. The van der Waals surface area contributed by atoms with Gasteiger partial charge < -0.3 is 5.73 Å². The van der Waals surface area contributed by atoms with Crippen LogP contribution in [-0.2, 0) is 0 Å². The van der Waals surface area contributed by atoms with Crippen LogP contribution in [0.15, 0.2) is 22.7 Å². The third-order valence-electron chi connectivity index (χ3n) is 3.23. The molecule has 2 rings (SSSR count). The second-order valence-electron chi connectivity index (χ2n) is 4.89. The first-order valence-corrected chi connectivity index (χ1v) is 6.54. The van der Waals surface area contributed by atoms with E-state index in [0.29, 0.717) is 5.02 Å². The molecule has 0 atom stereocenters. The maximum Gasteiger partial charge on any atom is 0.0555 e. The Labute approximate surface area is 110 Å². The molecule has 0 bridgehead atoms. The molecule has 0 radical (unpaired) electrons. The molecule has 0 amide bonds. The minimum atomic E-state index is 0.200. The highest BCUT2D eigenvalue weighted by atomic mass is 79.9. The van der Waals surface area contributed by atoms with Crippen LogP contribution in [0.5, 0.6) is 0 Å². The molecule has 0 spiro atoms. The van der Waals surface area contributed by atoms with Crippen LogP contribution in [0.3, 0.4) is 0 Å². The summed E-state index contributed by atoms with van der Waals surface area (Å²) in [7, 11) is 0. The molecular weight excluding hydrogens is 286 g/mol. The largest absolute Gasteiger partial charge is 0.398 e. The third-order valence-corrected chi connectivity index (χ3v) is 4.43. The molecule has 1 aromatic rings. The number of nitrogen functional groups attached to an aromatic ring is 1. The molecular formula is C13H15BrClN. The SMILES string of the molecule is CC1(C)CCC=C1c1cc(Cl)c(Br)cc1N. The Morgan fingerprint density at radius 2 is 2.06 bits per heavy atom. The molecule has 1 aliphatic rings. The molecule has 3 heteroatoms. The zero-order chi connectivity index (χ0) is 11.9. The first kappa shape index (κ1) is 12.0. The summed E-state index contributed by atoms with van der Waals surface area (Å²) in [5.74, 6) is 0. The zero-order valence-electron chi connectivity index (χ0n) is 9.48. The third kappa shape index (κ3) is 2.01. The maximum absolute atomic E-state index is 6.13. The Balaban J connectivity index is 2.53. The molecule has 0 heterocycles. The number of rotatable bonds is 1. The van der Waals surface area contributed by atoms with Gasteiger partial charge in [-0.2, -0.15) is 0 Å². The average molecular weight is 301 g/mol. The Hall–Kier alpha value is -0.470. The molecule has 86 valence electrons. The fraction of sp³-hybridized carbons (Fsp3) is 0.385. The smallest absolute Gasteiger partial charge is 0.0555 e. The lowest BCUT2D eigenvalue weighted by Crippen LogP contribution is -2.10. The van der Waals surface area contributed by atoms with Crippen molar-refractivity contribution >= 4 is 38.8 Å². The van der Waals surface area contributed by atoms with E-state index in [0.717, 1.165) is 22.1 Å². The number of hydrogen-bond acceptors (Lipinski definition) is 1. The van der Waals surface area contributed by atoms with E-state index < -0.39 is 0 Å². The standard InChI is InChI=1S/C13H15BrClN/c1-13(2)5-3-4-9(13)8-6-11(15)10(14)7-12(8)16/h4,6-7H,3,5,16H2,1-2H3. The van der Waals surface area contributed by atoms with Gasteiger partial charge in [-0.3, -0.25) is 0 Å². The highest BCUT2D eigenvalue weighted by Crippen LogP contribution is 2.46. The summed E-state index contributed by atoms with van der Waals surface area (Å²) < 4.78 is 0.854. The van der Waals surface area contributed by atoms with E-state index >= 15 is 0 Å². The van der Waals surface area contributed by atoms with E-state index in [9.17, 15) is 0 Å². The molecule has 0 unspecified atom stereocenters. The van der Waals surface area contributed by atoms with Crippen LogP contribution < -0.4 is 5.73 Å². The van der Waals surface area contributed by atoms with Crippen molar-refractivity contribution in [2.45, 2.75) is 26.7 Å². The van der Waals surface area contributed by atoms with Gasteiger partial charge in [-0.1, -0.05) is 31.5 Å².